The fraction of sp³-hybridized carbons (Fsp3) is 0.158. The Morgan fingerprint density at radius 3 is 2.50 bits per heavy atom. The summed E-state index contributed by atoms with van der Waals surface area (Å²) in [5, 5.41) is 15.5. The van der Waals surface area contributed by atoms with E-state index in [1.807, 2.05) is 30.3 Å². The van der Waals surface area contributed by atoms with Gasteiger partial charge in [0.1, 0.15) is 6.33 Å². The largest absolute Gasteiger partial charge is 0.292 e. The smallest absolute Gasteiger partial charge is 0.248 e. The summed E-state index contributed by atoms with van der Waals surface area (Å²) in [5.41, 5.74) is 1.35. The van der Waals surface area contributed by atoms with Gasteiger partial charge >= 0.3 is 0 Å². The van der Waals surface area contributed by atoms with Crippen LogP contribution in [0.2, 0.25) is 0 Å². The molecule has 0 aliphatic carbocycles. The molecule has 0 unspecified atom stereocenters. The van der Waals surface area contributed by atoms with Crippen LogP contribution in [0, 0.1) is 11.3 Å². The third-order valence-corrected chi connectivity index (χ3v) is 6.45. The van der Waals surface area contributed by atoms with Crippen LogP contribution >= 0.6 is 15.9 Å². The highest BCUT2D eigenvalue weighted by molar-refractivity contribution is 9.10. The van der Waals surface area contributed by atoms with Crippen molar-refractivity contribution in [2.45, 2.75) is 11.4 Å². The van der Waals surface area contributed by atoms with Gasteiger partial charge in [-0.15, -0.1) is 5.10 Å². The summed E-state index contributed by atoms with van der Waals surface area (Å²) in [6.07, 6.45) is 1.48. The zero-order valence-corrected chi connectivity index (χ0v) is 18.3. The molecule has 154 valence electrons. The highest BCUT2D eigenvalue weighted by atomic mass is 79.9. The van der Waals surface area contributed by atoms with Crippen LogP contribution in [0.4, 0.5) is 5.95 Å². The van der Waals surface area contributed by atoms with Crippen molar-refractivity contribution >= 4 is 37.8 Å². The predicted molar refractivity (Wildman–Crippen MR) is 113 cm³/mol. The lowest BCUT2D eigenvalue weighted by Gasteiger charge is -2.16. The van der Waals surface area contributed by atoms with Gasteiger partial charge in [-0.1, -0.05) is 28.1 Å². The van der Waals surface area contributed by atoms with Crippen LogP contribution in [-0.2, 0) is 21.4 Å². The molecule has 2 aromatic carbocycles. The van der Waals surface area contributed by atoms with E-state index in [-0.39, 0.29) is 10.8 Å². The van der Waals surface area contributed by atoms with Crippen LogP contribution in [0.5, 0.6) is 0 Å². The molecule has 30 heavy (non-hydrogen) atoms. The van der Waals surface area contributed by atoms with Gasteiger partial charge in [-0.2, -0.15) is 9.57 Å². The molecule has 3 aromatic rings. The Hall–Kier alpha value is -3.07. The van der Waals surface area contributed by atoms with Gasteiger partial charge in [0.25, 0.3) is 0 Å². The molecular weight excluding hydrogens is 472 g/mol. The molecule has 0 bridgehead atoms. The van der Waals surface area contributed by atoms with E-state index in [4.69, 9.17) is 5.26 Å². The number of hydrogen-bond acceptors (Lipinski definition) is 6. The molecule has 0 saturated carbocycles. The van der Waals surface area contributed by atoms with Gasteiger partial charge in [-0.05, 0) is 42.0 Å². The Morgan fingerprint density at radius 2 is 1.87 bits per heavy atom. The summed E-state index contributed by atoms with van der Waals surface area (Å²) >= 11 is 3.37. The number of hydrogen-bond donors (Lipinski definition) is 1. The maximum Gasteiger partial charge on any atom is 0.248 e. The first-order chi connectivity index (χ1) is 14.3. The highest BCUT2D eigenvalue weighted by Gasteiger charge is 2.23. The van der Waals surface area contributed by atoms with Gasteiger partial charge in [0.15, 0.2) is 0 Å². The minimum atomic E-state index is -3.88. The van der Waals surface area contributed by atoms with Crippen molar-refractivity contribution in [3.63, 3.8) is 0 Å². The quantitative estimate of drug-likeness (QED) is 0.544. The third-order valence-electron chi connectivity index (χ3n) is 4.10. The van der Waals surface area contributed by atoms with E-state index < -0.39 is 22.5 Å². The molecular formula is C19H17BrN6O3S. The van der Waals surface area contributed by atoms with Gasteiger partial charge in [-0.3, -0.25) is 10.1 Å². The van der Waals surface area contributed by atoms with Gasteiger partial charge in [-0.25, -0.2) is 18.1 Å². The van der Waals surface area contributed by atoms with Crippen LogP contribution in [0.3, 0.4) is 0 Å². The van der Waals surface area contributed by atoms with E-state index in [0.29, 0.717) is 12.1 Å². The van der Waals surface area contributed by atoms with Crippen LogP contribution in [-0.4, -0.2) is 47.0 Å². The van der Waals surface area contributed by atoms with Crippen molar-refractivity contribution in [2.75, 3.05) is 18.9 Å². The van der Waals surface area contributed by atoms with Crippen LogP contribution in [0.25, 0.3) is 0 Å². The second kappa shape index (κ2) is 9.17. The number of anilines is 1. The molecule has 1 heterocycles. The van der Waals surface area contributed by atoms with Crippen LogP contribution in [0.15, 0.2) is 64.2 Å². The summed E-state index contributed by atoms with van der Waals surface area (Å²) in [7, 11) is -2.58. The standard InChI is InChI=1S/C19H17BrN6O3S/c1-25(30(28,29)17-8-4-14(10-21)5-9-17)12-18(27)23-19-22-13-26(24-19)11-15-2-6-16(20)7-3-15/h2-9,13H,11-12H2,1H3,(H,23,24,27). The summed E-state index contributed by atoms with van der Waals surface area (Å²) < 4.78 is 28.6. The SMILES string of the molecule is CN(CC(=O)Nc1ncn(Cc2ccc(Br)cc2)n1)S(=O)(=O)c1ccc(C#N)cc1. The lowest BCUT2D eigenvalue weighted by atomic mass is 10.2. The summed E-state index contributed by atoms with van der Waals surface area (Å²) in [5.74, 6) is -0.489. The van der Waals surface area contributed by atoms with Gasteiger partial charge in [0.05, 0.1) is 29.6 Å². The second-order valence-corrected chi connectivity index (χ2v) is 9.30. The van der Waals surface area contributed by atoms with Crippen molar-refractivity contribution in [1.82, 2.24) is 19.1 Å². The maximum absolute atomic E-state index is 12.6. The summed E-state index contributed by atoms with van der Waals surface area (Å²) in [4.78, 5) is 16.3. The highest BCUT2D eigenvalue weighted by Crippen LogP contribution is 2.15. The number of carbonyl (C=O) groups excluding carboxylic acids is 1. The van der Waals surface area contributed by atoms with Crippen molar-refractivity contribution < 1.29 is 13.2 Å². The zero-order valence-electron chi connectivity index (χ0n) is 15.9. The first-order valence-electron chi connectivity index (χ1n) is 8.68. The number of sulfonamides is 1. The molecule has 3 rings (SSSR count). The molecule has 9 nitrogen and oxygen atoms in total. The predicted octanol–water partition coefficient (Wildman–Crippen LogP) is 2.22. The number of amides is 1. The number of benzene rings is 2. The first-order valence-corrected chi connectivity index (χ1v) is 10.9. The summed E-state index contributed by atoms with van der Waals surface area (Å²) in [6.45, 7) is 0.0622. The number of likely N-dealkylation sites (N-methyl/N-ethyl adjacent to an activating group) is 1. The molecule has 0 saturated heterocycles. The first kappa shape index (κ1) is 21.6. The molecule has 0 fully saturated rings. The van der Waals surface area contributed by atoms with E-state index in [9.17, 15) is 13.2 Å². The second-order valence-electron chi connectivity index (χ2n) is 6.34. The Balaban J connectivity index is 1.60. The molecule has 0 radical (unpaired) electrons. The molecule has 1 N–H and O–H groups in total. The Labute approximate surface area is 182 Å². The fourth-order valence-electron chi connectivity index (χ4n) is 2.54. The molecule has 0 atom stereocenters. The fourth-order valence-corrected chi connectivity index (χ4v) is 3.93. The minimum absolute atomic E-state index is 0.00583. The third kappa shape index (κ3) is 5.29. The number of halogens is 1. The average Bonchev–Trinajstić information content (AvgIpc) is 3.16. The number of nitrogens with zero attached hydrogens (tertiary/aromatic N) is 5. The number of aromatic nitrogens is 3. The number of nitriles is 1. The van der Waals surface area contributed by atoms with E-state index >= 15 is 0 Å². The number of rotatable bonds is 7. The van der Waals surface area contributed by atoms with Crippen LogP contribution < -0.4 is 5.32 Å². The molecule has 11 heteroatoms. The van der Waals surface area contributed by atoms with Crippen molar-refractivity contribution in [2.24, 2.45) is 0 Å². The molecule has 0 aliphatic rings. The lowest BCUT2D eigenvalue weighted by molar-refractivity contribution is -0.116. The normalized spacial score (nSPS) is 11.3. The Morgan fingerprint density at radius 1 is 1.20 bits per heavy atom. The number of carbonyl (C=O) groups is 1. The van der Waals surface area contributed by atoms with Gasteiger partial charge < -0.3 is 0 Å². The average molecular weight is 489 g/mol. The Bertz CT molecular complexity index is 1180. The van der Waals surface area contributed by atoms with Crippen molar-refractivity contribution in [1.29, 1.82) is 5.26 Å². The molecule has 0 aliphatic heterocycles. The van der Waals surface area contributed by atoms with Crippen LogP contribution in [0.1, 0.15) is 11.1 Å². The lowest BCUT2D eigenvalue weighted by Crippen LogP contribution is -2.35. The van der Waals surface area contributed by atoms with Gasteiger partial charge in [0, 0.05) is 11.5 Å². The van der Waals surface area contributed by atoms with E-state index in [1.54, 1.807) is 4.68 Å². The Kier molecular flexibility index (Phi) is 6.61. The zero-order chi connectivity index (χ0) is 21.7. The molecule has 1 aromatic heterocycles. The van der Waals surface area contributed by atoms with Crippen molar-refractivity contribution in [3.05, 3.63) is 70.5 Å². The van der Waals surface area contributed by atoms with Gasteiger partial charge in [0.2, 0.25) is 21.9 Å². The minimum Gasteiger partial charge on any atom is -0.292 e. The molecule has 1 amide bonds. The maximum atomic E-state index is 12.6. The monoisotopic (exact) mass is 488 g/mol. The van der Waals surface area contributed by atoms with E-state index in [2.05, 4.69) is 31.3 Å². The topological polar surface area (TPSA) is 121 Å². The van der Waals surface area contributed by atoms with Crippen molar-refractivity contribution in [3.8, 4) is 6.07 Å². The van der Waals surface area contributed by atoms with E-state index in [1.165, 1.54) is 37.6 Å². The molecule has 0 spiro atoms. The summed E-state index contributed by atoms with van der Waals surface area (Å²) in [6, 6.07) is 15.1. The van der Waals surface area contributed by atoms with E-state index in [0.717, 1.165) is 14.3 Å². The number of nitrogens with one attached hydrogen (secondary N) is 1.